The molecule has 0 atom stereocenters. The summed E-state index contributed by atoms with van der Waals surface area (Å²) in [7, 11) is 2.20. The van der Waals surface area contributed by atoms with E-state index >= 15 is 0 Å². The highest BCUT2D eigenvalue weighted by Gasteiger charge is 2.23. The molecule has 1 saturated carbocycles. The second-order valence-electron chi connectivity index (χ2n) is 6.39. The molecule has 1 aliphatic carbocycles. The molecule has 4 nitrogen and oxygen atoms in total. The molecule has 0 amide bonds. The Hall–Kier alpha value is -0.770. The molecule has 0 heterocycles. The van der Waals surface area contributed by atoms with Gasteiger partial charge in [0.1, 0.15) is 5.84 Å². The summed E-state index contributed by atoms with van der Waals surface area (Å²) in [6.45, 7) is 6.38. The van der Waals surface area contributed by atoms with Gasteiger partial charge in [-0.25, -0.2) is 0 Å². The van der Waals surface area contributed by atoms with Gasteiger partial charge in [-0.3, -0.25) is 0 Å². The number of nitrogens with two attached hydrogens (primary N) is 1. The van der Waals surface area contributed by atoms with Crippen LogP contribution in [0.5, 0.6) is 0 Å². The average molecular weight is 255 g/mol. The van der Waals surface area contributed by atoms with Crippen molar-refractivity contribution >= 4 is 5.84 Å². The highest BCUT2D eigenvalue weighted by molar-refractivity contribution is 5.85. The maximum absolute atomic E-state index is 8.72. The Morgan fingerprint density at radius 2 is 2.00 bits per heavy atom. The standard InChI is InChI=1S/C14H29N3O/c1-14(2,13(15)16-18)9-6-10-17(3)11-12-7-4-5-8-12/h12,18H,4-11H2,1-3H3,(H2,15,16). The average Bonchev–Trinajstić information content (AvgIpc) is 2.80. The molecule has 0 bridgehead atoms. The predicted molar refractivity (Wildman–Crippen MR) is 75.9 cm³/mol. The molecule has 4 heteroatoms. The van der Waals surface area contributed by atoms with E-state index in [1.807, 2.05) is 13.8 Å². The zero-order chi connectivity index (χ0) is 13.6. The molecule has 0 spiro atoms. The van der Waals surface area contributed by atoms with Crippen LogP contribution >= 0.6 is 0 Å². The fraction of sp³-hybridized carbons (Fsp3) is 0.929. The van der Waals surface area contributed by atoms with Crippen LogP contribution in [-0.2, 0) is 0 Å². The summed E-state index contributed by atoms with van der Waals surface area (Å²) in [5.74, 6) is 1.24. The van der Waals surface area contributed by atoms with Crippen molar-refractivity contribution in [2.75, 3.05) is 20.1 Å². The third kappa shape index (κ3) is 4.84. The monoisotopic (exact) mass is 255 g/mol. The number of hydrogen-bond donors (Lipinski definition) is 2. The lowest BCUT2D eigenvalue weighted by molar-refractivity contribution is 0.260. The van der Waals surface area contributed by atoms with Crippen molar-refractivity contribution in [3.8, 4) is 0 Å². The zero-order valence-electron chi connectivity index (χ0n) is 12.2. The maximum atomic E-state index is 8.72. The molecule has 0 aromatic rings. The molecule has 18 heavy (non-hydrogen) atoms. The van der Waals surface area contributed by atoms with E-state index in [0.717, 1.165) is 25.3 Å². The van der Waals surface area contributed by atoms with Crippen LogP contribution < -0.4 is 5.73 Å². The normalized spacial score (nSPS) is 18.8. The molecule has 0 saturated heterocycles. The number of oxime groups is 1. The lowest BCUT2D eigenvalue weighted by Gasteiger charge is -2.25. The quantitative estimate of drug-likeness (QED) is 0.318. The van der Waals surface area contributed by atoms with Crippen molar-refractivity contribution in [3.05, 3.63) is 0 Å². The van der Waals surface area contributed by atoms with Gasteiger partial charge >= 0.3 is 0 Å². The fourth-order valence-electron chi connectivity index (χ4n) is 2.78. The van der Waals surface area contributed by atoms with Gasteiger partial charge in [0.15, 0.2) is 0 Å². The van der Waals surface area contributed by atoms with E-state index in [0.29, 0.717) is 5.84 Å². The van der Waals surface area contributed by atoms with Crippen molar-refractivity contribution in [3.63, 3.8) is 0 Å². The van der Waals surface area contributed by atoms with Crippen LogP contribution in [-0.4, -0.2) is 36.1 Å². The summed E-state index contributed by atoms with van der Waals surface area (Å²) in [6, 6.07) is 0. The van der Waals surface area contributed by atoms with Crippen molar-refractivity contribution in [2.24, 2.45) is 22.2 Å². The van der Waals surface area contributed by atoms with Crippen molar-refractivity contribution in [2.45, 2.75) is 52.4 Å². The van der Waals surface area contributed by atoms with Gasteiger partial charge in [-0.1, -0.05) is 31.8 Å². The van der Waals surface area contributed by atoms with Gasteiger partial charge in [0, 0.05) is 12.0 Å². The van der Waals surface area contributed by atoms with Gasteiger partial charge in [-0.2, -0.15) is 0 Å². The molecule has 0 aliphatic heterocycles. The Labute approximate surface area is 111 Å². The molecule has 106 valence electrons. The predicted octanol–water partition coefficient (Wildman–Crippen LogP) is 2.66. The molecular weight excluding hydrogens is 226 g/mol. The van der Waals surface area contributed by atoms with Crippen LogP contribution in [0, 0.1) is 11.3 Å². The van der Waals surface area contributed by atoms with Crippen LogP contribution in [0.25, 0.3) is 0 Å². The Morgan fingerprint density at radius 3 is 2.56 bits per heavy atom. The van der Waals surface area contributed by atoms with Crippen molar-refractivity contribution in [1.29, 1.82) is 0 Å². The lowest BCUT2D eigenvalue weighted by atomic mass is 9.86. The second-order valence-corrected chi connectivity index (χ2v) is 6.39. The summed E-state index contributed by atoms with van der Waals surface area (Å²) < 4.78 is 0. The van der Waals surface area contributed by atoms with E-state index in [2.05, 4.69) is 17.1 Å². The van der Waals surface area contributed by atoms with Gasteiger partial charge in [-0.05, 0) is 45.2 Å². The van der Waals surface area contributed by atoms with Gasteiger partial charge < -0.3 is 15.8 Å². The van der Waals surface area contributed by atoms with E-state index in [4.69, 9.17) is 10.9 Å². The van der Waals surface area contributed by atoms with E-state index in [-0.39, 0.29) is 5.41 Å². The van der Waals surface area contributed by atoms with Crippen LogP contribution in [0.1, 0.15) is 52.4 Å². The highest BCUT2D eigenvalue weighted by atomic mass is 16.4. The number of amidine groups is 1. The molecule has 1 fully saturated rings. The van der Waals surface area contributed by atoms with Crippen molar-refractivity contribution in [1.82, 2.24) is 4.90 Å². The summed E-state index contributed by atoms with van der Waals surface area (Å²) >= 11 is 0. The smallest absolute Gasteiger partial charge is 0.144 e. The highest BCUT2D eigenvalue weighted by Crippen LogP contribution is 2.26. The molecule has 0 aromatic carbocycles. The first-order valence-corrected chi connectivity index (χ1v) is 7.12. The lowest BCUT2D eigenvalue weighted by Crippen LogP contribution is -2.33. The molecule has 0 unspecified atom stereocenters. The topological polar surface area (TPSA) is 61.8 Å². The minimum atomic E-state index is -0.205. The zero-order valence-corrected chi connectivity index (χ0v) is 12.2. The largest absolute Gasteiger partial charge is 0.409 e. The Bertz CT molecular complexity index is 270. The van der Waals surface area contributed by atoms with Gasteiger partial charge in [-0.15, -0.1) is 0 Å². The minimum absolute atomic E-state index is 0.205. The van der Waals surface area contributed by atoms with Crippen molar-refractivity contribution < 1.29 is 5.21 Å². The summed E-state index contributed by atoms with van der Waals surface area (Å²) in [5.41, 5.74) is 5.48. The molecule has 1 rings (SSSR count). The Morgan fingerprint density at radius 1 is 1.39 bits per heavy atom. The van der Waals surface area contributed by atoms with Crippen LogP contribution in [0.3, 0.4) is 0 Å². The number of nitrogens with zero attached hydrogens (tertiary/aromatic N) is 2. The Balaban J connectivity index is 2.20. The molecular formula is C14H29N3O. The third-order valence-electron chi connectivity index (χ3n) is 4.19. The van der Waals surface area contributed by atoms with E-state index in [1.165, 1.54) is 32.2 Å². The van der Waals surface area contributed by atoms with Crippen LogP contribution in [0.2, 0.25) is 0 Å². The van der Waals surface area contributed by atoms with E-state index in [9.17, 15) is 0 Å². The summed E-state index contributed by atoms with van der Waals surface area (Å²) in [6.07, 6.45) is 7.67. The van der Waals surface area contributed by atoms with Gasteiger partial charge in [0.05, 0.1) is 0 Å². The van der Waals surface area contributed by atoms with E-state index < -0.39 is 0 Å². The fourth-order valence-corrected chi connectivity index (χ4v) is 2.78. The first-order valence-electron chi connectivity index (χ1n) is 7.12. The number of rotatable bonds is 7. The van der Waals surface area contributed by atoms with E-state index in [1.54, 1.807) is 0 Å². The maximum Gasteiger partial charge on any atom is 0.144 e. The number of hydrogen-bond acceptors (Lipinski definition) is 3. The Kier molecular flexibility index (Phi) is 5.93. The van der Waals surface area contributed by atoms with Gasteiger partial charge in [0.25, 0.3) is 0 Å². The first-order chi connectivity index (χ1) is 8.45. The first kappa shape index (κ1) is 15.3. The molecule has 3 N–H and O–H groups in total. The SMILES string of the molecule is CN(CCCC(C)(C)C(N)=NO)CC1CCCC1. The molecule has 1 aliphatic rings. The third-order valence-corrected chi connectivity index (χ3v) is 4.19. The minimum Gasteiger partial charge on any atom is -0.409 e. The summed E-state index contributed by atoms with van der Waals surface area (Å²) in [4.78, 5) is 2.43. The second kappa shape index (κ2) is 6.98. The van der Waals surface area contributed by atoms with Crippen LogP contribution in [0.15, 0.2) is 5.16 Å². The van der Waals surface area contributed by atoms with Crippen LogP contribution in [0.4, 0.5) is 0 Å². The summed E-state index contributed by atoms with van der Waals surface area (Å²) in [5, 5.41) is 11.8. The molecule has 0 aromatic heterocycles. The molecule has 0 radical (unpaired) electrons. The van der Waals surface area contributed by atoms with Gasteiger partial charge in [0.2, 0.25) is 0 Å².